The van der Waals surface area contributed by atoms with Gasteiger partial charge >= 0.3 is 11.9 Å². The number of carboxylic acid groups (broad SMARTS) is 1. The van der Waals surface area contributed by atoms with Gasteiger partial charge in [0.1, 0.15) is 11.7 Å². The average Bonchev–Trinajstić information content (AvgIpc) is 2.75. The summed E-state index contributed by atoms with van der Waals surface area (Å²) in [6, 6.07) is 5.30. The van der Waals surface area contributed by atoms with Gasteiger partial charge in [-0.05, 0) is 30.7 Å². The largest absolute Gasteiger partial charge is 0.481 e. The maximum Gasteiger partial charge on any atom is 0.328 e. The number of hydrogen-bond donors (Lipinski definition) is 4. The minimum atomic E-state index is -1.08. The van der Waals surface area contributed by atoms with Crippen molar-refractivity contribution in [2.75, 3.05) is 18.2 Å². The number of nitrogens with two attached hydrogens (primary N) is 1. The van der Waals surface area contributed by atoms with Gasteiger partial charge in [0.2, 0.25) is 0 Å². The molecule has 1 amide bonds. The summed E-state index contributed by atoms with van der Waals surface area (Å²) in [5.41, 5.74) is 7.05. The van der Waals surface area contributed by atoms with Gasteiger partial charge < -0.3 is 26.2 Å². The maximum atomic E-state index is 12.4. The smallest absolute Gasteiger partial charge is 0.328 e. The molecule has 0 fully saturated rings. The number of esters is 1. The third kappa shape index (κ3) is 6.26. The van der Waals surface area contributed by atoms with Gasteiger partial charge in [-0.15, -0.1) is 0 Å². The molecule has 2 aromatic rings. The Balaban J connectivity index is 1.98. The van der Waals surface area contributed by atoms with Gasteiger partial charge in [-0.1, -0.05) is 0 Å². The number of nitrogens with one attached hydrogen (secondary N) is 2. The van der Waals surface area contributed by atoms with Crippen LogP contribution < -0.4 is 16.4 Å². The number of benzene rings is 1. The number of ether oxygens (including phenoxy) is 1. The fraction of sp³-hybridized carbons (Fsp3) is 0.263. The van der Waals surface area contributed by atoms with Crippen LogP contribution in [-0.4, -0.2) is 52.4 Å². The number of carbonyl (C=O) groups is 4. The van der Waals surface area contributed by atoms with Gasteiger partial charge in [-0.3, -0.25) is 14.4 Å². The lowest BCUT2D eigenvalue weighted by molar-refractivity contribution is -0.143. The van der Waals surface area contributed by atoms with Gasteiger partial charge in [-0.2, -0.15) is 0 Å². The highest BCUT2D eigenvalue weighted by molar-refractivity contribution is 5.97. The van der Waals surface area contributed by atoms with Crippen LogP contribution in [0.1, 0.15) is 39.4 Å². The molecule has 30 heavy (non-hydrogen) atoms. The zero-order valence-electron chi connectivity index (χ0n) is 16.1. The zero-order chi connectivity index (χ0) is 22.1. The van der Waals surface area contributed by atoms with Gasteiger partial charge in [0.25, 0.3) is 5.91 Å². The highest BCUT2D eigenvalue weighted by Crippen LogP contribution is 2.12. The summed E-state index contributed by atoms with van der Waals surface area (Å²) in [7, 11) is 1.16. The van der Waals surface area contributed by atoms with Crippen molar-refractivity contribution in [1.82, 2.24) is 15.3 Å². The summed E-state index contributed by atoms with van der Waals surface area (Å²) in [6.07, 6.45) is 1.60. The van der Waals surface area contributed by atoms with Crippen molar-refractivity contribution in [3.8, 4) is 0 Å². The molecule has 1 heterocycles. The van der Waals surface area contributed by atoms with E-state index in [0.717, 1.165) is 7.11 Å². The Morgan fingerprint density at radius 2 is 1.97 bits per heavy atom. The van der Waals surface area contributed by atoms with Crippen molar-refractivity contribution in [3.63, 3.8) is 0 Å². The molecule has 5 N–H and O–H groups in total. The van der Waals surface area contributed by atoms with Crippen LogP contribution >= 0.6 is 0 Å². The van der Waals surface area contributed by atoms with E-state index in [1.54, 1.807) is 12.1 Å². The van der Waals surface area contributed by atoms with Crippen molar-refractivity contribution < 1.29 is 29.0 Å². The van der Waals surface area contributed by atoms with E-state index < -0.39 is 23.9 Å². The lowest BCUT2D eigenvalue weighted by Gasteiger charge is -2.16. The average molecular weight is 415 g/mol. The quantitative estimate of drug-likeness (QED) is 0.318. The molecule has 1 atom stereocenters. The molecule has 0 spiro atoms. The molecule has 11 heteroatoms. The molecule has 0 aliphatic rings. The number of amides is 1. The van der Waals surface area contributed by atoms with Crippen LogP contribution in [-0.2, 0) is 20.9 Å². The fourth-order valence-electron chi connectivity index (χ4n) is 2.46. The molecule has 158 valence electrons. The number of anilines is 2. The predicted molar refractivity (Wildman–Crippen MR) is 106 cm³/mol. The summed E-state index contributed by atoms with van der Waals surface area (Å²) >= 11 is 0. The van der Waals surface area contributed by atoms with E-state index in [-0.39, 0.29) is 36.5 Å². The maximum absolute atomic E-state index is 12.4. The number of methoxy groups -OCH3 is 1. The molecular weight excluding hydrogens is 394 g/mol. The molecule has 0 aliphatic carbocycles. The summed E-state index contributed by atoms with van der Waals surface area (Å²) in [4.78, 5) is 53.7. The molecule has 11 nitrogen and oxygen atoms in total. The zero-order valence-corrected chi connectivity index (χ0v) is 16.1. The van der Waals surface area contributed by atoms with E-state index in [1.165, 1.54) is 18.3 Å². The molecule has 0 bridgehead atoms. The first-order chi connectivity index (χ1) is 14.3. The van der Waals surface area contributed by atoms with E-state index in [9.17, 15) is 19.2 Å². The standard InChI is InChI=1S/C19H21N5O6/c1-30-19(29)14(6-7-16(26)27)24-18(28)11-2-4-12(5-3-11)21-8-13-9-22-17(20)15(10-25)23-13/h2-5,9-10,14,21H,6-8H2,1H3,(H2,20,22)(H,24,28)(H,26,27)/t14-/m0/s1. The lowest BCUT2D eigenvalue weighted by atomic mass is 10.1. The summed E-state index contributed by atoms with van der Waals surface area (Å²) in [5, 5.41) is 14.3. The Morgan fingerprint density at radius 3 is 2.57 bits per heavy atom. The number of carbonyl (C=O) groups excluding carboxylic acids is 3. The van der Waals surface area contributed by atoms with Crippen LogP contribution in [0.4, 0.5) is 11.5 Å². The van der Waals surface area contributed by atoms with Crippen molar-refractivity contribution in [1.29, 1.82) is 0 Å². The first-order valence-electron chi connectivity index (χ1n) is 8.85. The first-order valence-corrected chi connectivity index (χ1v) is 8.85. The van der Waals surface area contributed by atoms with Crippen LogP contribution in [0.15, 0.2) is 30.5 Å². The van der Waals surface area contributed by atoms with Crippen LogP contribution in [0.3, 0.4) is 0 Å². The Morgan fingerprint density at radius 1 is 1.27 bits per heavy atom. The molecule has 0 unspecified atom stereocenters. The minimum absolute atomic E-state index is 0.0535. The van der Waals surface area contributed by atoms with Crippen LogP contribution in [0.25, 0.3) is 0 Å². The first kappa shape index (κ1) is 22.3. The summed E-state index contributed by atoms with van der Waals surface area (Å²) in [6.45, 7) is 0.277. The Kier molecular flexibility index (Phi) is 7.80. The van der Waals surface area contributed by atoms with Gasteiger partial charge in [0, 0.05) is 17.7 Å². The number of nitrogens with zero attached hydrogens (tertiary/aromatic N) is 2. The Bertz CT molecular complexity index is 932. The molecule has 1 aromatic heterocycles. The second-order valence-corrected chi connectivity index (χ2v) is 6.16. The topological polar surface area (TPSA) is 174 Å². The van der Waals surface area contributed by atoms with Crippen molar-refractivity contribution in [3.05, 3.63) is 47.4 Å². The van der Waals surface area contributed by atoms with E-state index in [2.05, 4.69) is 25.3 Å². The Labute approximate surface area is 171 Å². The third-order valence-electron chi connectivity index (χ3n) is 4.05. The van der Waals surface area contributed by atoms with E-state index in [1.807, 2.05) is 0 Å². The van der Waals surface area contributed by atoms with Crippen LogP contribution in [0.5, 0.6) is 0 Å². The number of carboxylic acids is 1. The lowest BCUT2D eigenvalue weighted by Crippen LogP contribution is -2.41. The monoisotopic (exact) mass is 415 g/mol. The van der Waals surface area contributed by atoms with E-state index in [0.29, 0.717) is 17.7 Å². The SMILES string of the molecule is COC(=O)[C@H](CCC(=O)O)NC(=O)c1ccc(NCc2cnc(N)c(C=O)n2)cc1. The number of aldehydes is 1. The number of rotatable bonds is 10. The van der Waals surface area contributed by atoms with Crippen molar-refractivity contribution >= 4 is 35.6 Å². The molecule has 0 saturated heterocycles. The Hall–Kier alpha value is -4.02. The highest BCUT2D eigenvalue weighted by atomic mass is 16.5. The van der Waals surface area contributed by atoms with E-state index in [4.69, 9.17) is 10.8 Å². The number of aliphatic carboxylic acids is 1. The number of aromatic nitrogens is 2. The van der Waals surface area contributed by atoms with Crippen molar-refractivity contribution in [2.24, 2.45) is 0 Å². The third-order valence-corrected chi connectivity index (χ3v) is 4.05. The number of hydrogen-bond acceptors (Lipinski definition) is 9. The summed E-state index contributed by atoms with van der Waals surface area (Å²) < 4.78 is 4.60. The van der Waals surface area contributed by atoms with E-state index >= 15 is 0 Å². The van der Waals surface area contributed by atoms with Crippen LogP contribution in [0.2, 0.25) is 0 Å². The molecular formula is C19H21N5O6. The van der Waals surface area contributed by atoms with Gasteiger partial charge in [0.05, 0.1) is 25.5 Å². The predicted octanol–water partition coefficient (Wildman–Crippen LogP) is 0.620. The second-order valence-electron chi connectivity index (χ2n) is 6.16. The molecule has 1 aromatic carbocycles. The second kappa shape index (κ2) is 10.5. The highest BCUT2D eigenvalue weighted by Gasteiger charge is 2.23. The van der Waals surface area contributed by atoms with Crippen LogP contribution in [0, 0.1) is 0 Å². The normalized spacial score (nSPS) is 11.2. The molecule has 0 aliphatic heterocycles. The van der Waals surface area contributed by atoms with Gasteiger partial charge in [-0.25, -0.2) is 14.8 Å². The fourth-order valence-corrected chi connectivity index (χ4v) is 2.46. The van der Waals surface area contributed by atoms with Gasteiger partial charge in [0.15, 0.2) is 12.1 Å². The molecule has 2 rings (SSSR count). The van der Waals surface area contributed by atoms with Crippen molar-refractivity contribution in [2.45, 2.75) is 25.4 Å². The minimum Gasteiger partial charge on any atom is -0.481 e. The summed E-state index contributed by atoms with van der Waals surface area (Å²) in [5.74, 6) is -2.29. The number of nitrogen functional groups attached to an aromatic ring is 1. The molecule has 0 saturated carbocycles. The molecule has 0 radical (unpaired) electrons.